The molecular weight excluding hydrogens is 459 g/mol. The highest BCUT2D eigenvalue weighted by Gasteiger charge is 2.14. The topological polar surface area (TPSA) is 51.6 Å². The van der Waals surface area contributed by atoms with Gasteiger partial charge in [-0.1, -0.05) is 84.9 Å². The lowest BCUT2D eigenvalue weighted by molar-refractivity contribution is 0.589. The van der Waals surface area contributed by atoms with Gasteiger partial charge in [-0.3, -0.25) is 0 Å². The van der Waals surface area contributed by atoms with Crippen molar-refractivity contribution in [2.45, 2.75) is 0 Å². The van der Waals surface area contributed by atoms with E-state index in [0.29, 0.717) is 11.0 Å². The summed E-state index contributed by atoms with van der Waals surface area (Å²) in [6.07, 6.45) is 0. The molecule has 0 saturated heterocycles. The molecule has 174 valence electrons. The minimum absolute atomic E-state index is 0.512. The van der Waals surface area contributed by atoms with E-state index >= 15 is 0 Å². The predicted octanol–water partition coefficient (Wildman–Crippen LogP) is 7.87. The molecule has 0 N–H and O–H groups in total. The molecule has 3 heterocycles. The molecule has 0 fully saturated rings. The fraction of sp³-hybridized carbons (Fsp3) is 0. The van der Waals surface area contributed by atoms with Crippen LogP contribution in [0.2, 0.25) is 0 Å². The summed E-state index contributed by atoms with van der Waals surface area (Å²) >= 11 is 0. The lowest BCUT2D eigenvalue weighted by Gasteiger charge is -2.11. The van der Waals surface area contributed by atoms with Crippen LogP contribution in [0, 0.1) is 5.95 Å². The van der Waals surface area contributed by atoms with Crippen LogP contribution in [0.1, 0.15) is 0 Å². The molecule has 7 rings (SSSR count). The van der Waals surface area contributed by atoms with Crippen molar-refractivity contribution in [3.63, 3.8) is 0 Å². The van der Waals surface area contributed by atoms with E-state index in [4.69, 9.17) is 15.0 Å². The summed E-state index contributed by atoms with van der Waals surface area (Å²) in [6, 6.07) is 37.2. The molecule has 0 aliphatic rings. The number of fused-ring (bicyclic) bond motifs is 4. The summed E-state index contributed by atoms with van der Waals surface area (Å²) in [5.74, 6) is -0.512. The zero-order valence-corrected chi connectivity index (χ0v) is 19.6. The zero-order valence-electron chi connectivity index (χ0n) is 19.6. The van der Waals surface area contributed by atoms with Crippen LogP contribution in [-0.4, -0.2) is 19.9 Å². The molecule has 4 aromatic carbocycles. The van der Waals surface area contributed by atoms with Crippen molar-refractivity contribution in [3.8, 4) is 33.8 Å². The highest BCUT2D eigenvalue weighted by atomic mass is 19.1. The largest absolute Gasteiger partial charge is 0.245 e. The molecule has 0 aliphatic heterocycles. The Bertz CT molecular complexity index is 1930. The number of halogens is 1. The van der Waals surface area contributed by atoms with Crippen LogP contribution in [0.5, 0.6) is 0 Å². The summed E-state index contributed by atoms with van der Waals surface area (Å²) in [6.45, 7) is 0. The number of para-hydroxylation sites is 2. The van der Waals surface area contributed by atoms with Gasteiger partial charge in [0.05, 0.1) is 39.1 Å². The van der Waals surface area contributed by atoms with Crippen molar-refractivity contribution in [3.05, 3.63) is 121 Å². The van der Waals surface area contributed by atoms with Gasteiger partial charge in [-0.15, -0.1) is 0 Å². The first-order chi connectivity index (χ1) is 18.2. The van der Waals surface area contributed by atoms with Crippen LogP contribution < -0.4 is 0 Å². The summed E-state index contributed by atoms with van der Waals surface area (Å²) in [7, 11) is 0. The predicted molar refractivity (Wildman–Crippen MR) is 146 cm³/mol. The van der Waals surface area contributed by atoms with Gasteiger partial charge in [0.2, 0.25) is 5.95 Å². The Balaban J connectivity index is 1.35. The van der Waals surface area contributed by atoms with Gasteiger partial charge in [0, 0.05) is 27.5 Å². The summed E-state index contributed by atoms with van der Waals surface area (Å²) < 4.78 is 13.9. The number of rotatable bonds is 3. The molecule has 0 amide bonds. The normalized spacial score (nSPS) is 11.4. The van der Waals surface area contributed by atoms with Crippen molar-refractivity contribution in [1.29, 1.82) is 0 Å². The lowest BCUT2D eigenvalue weighted by atomic mass is 10.0. The maximum absolute atomic E-state index is 13.9. The Labute approximate surface area is 212 Å². The van der Waals surface area contributed by atoms with Gasteiger partial charge < -0.3 is 0 Å². The van der Waals surface area contributed by atoms with E-state index in [1.807, 2.05) is 91.0 Å². The highest BCUT2D eigenvalue weighted by molar-refractivity contribution is 6.03. The minimum Gasteiger partial charge on any atom is -0.245 e. The summed E-state index contributed by atoms with van der Waals surface area (Å²) in [4.78, 5) is 18.9. The van der Waals surface area contributed by atoms with E-state index in [1.54, 1.807) is 6.07 Å². The third-order valence-electron chi connectivity index (χ3n) is 6.56. The van der Waals surface area contributed by atoms with E-state index in [-0.39, 0.29) is 0 Å². The van der Waals surface area contributed by atoms with Gasteiger partial charge >= 0.3 is 0 Å². The standard InChI is InChI=1S/C32H19FN4/c33-28-19-17-24-15-14-23-16-18-25(34-31(23)32(24)37-28)20-10-12-22(13-11-20)30-29(21-6-2-1-3-7-21)35-26-8-4-5-9-27(26)36-30/h1-19H. The molecule has 5 heteroatoms. The molecule has 0 spiro atoms. The monoisotopic (exact) mass is 478 g/mol. The second-order valence-electron chi connectivity index (χ2n) is 8.89. The van der Waals surface area contributed by atoms with Crippen molar-refractivity contribution in [1.82, 2.24) is 19.9 Å². The second kappa shape index (κ2) is 8.57. The Morgan fingerprint density at radius 3 is 1.59 bits per heavy atom. The van der Waals surface area contributed by atoms with Crippen molar-refractivity contribution < 1.29 is 4.39 Å². The number of pyridine rings is 2. The molecular formula is C32H19FN4. The fourth-order valence-electron chi connectivity index (χ4n) is 4.70. The number of hydrogen-bond donors (Lipinski definition) is 0. The molecule has 37 heavy (non-hydrogen) atoms. The second-order valence-corrected chi connectivity index (χ2v) is 8.89. The molecule has 0 saturated carbocycles. The van der Waals surface area contributed by atoms with Gasteiger partial charge in [0.15, 0.2) is 0 Å². The molecule has 0 atom stereocenters. The molecule has 3 aromatic heterocycles. The van der Waals surface area contributed by atoms with Crippen molar-refractivity contribution >= 4 is 32.8 Å². The Morgan fingerprint density at radius 2 is 0.919 bits per heavy atom. The first kappa shape index (κ1) is 21.3. The molecule has 7 aromatic rings. The number of benzene rings is 4. The average Bonchev–Trinajstić information content (AvgIpc) is 2.96. The Kier molecular flexibility index (Phi) is 4.93. The van der Waals surface area contributed by atoms with E-state index < -0.39 is 5.95 Å². The Hall–Kier alpha value is -5.03. The van der Waals surface area contributed by atoms with Gasteiger partial charge in [0.1, 0.15) is 0 Å². The van der Waals surface area contributed by atoms with Gasteiger partial charge in [-0.2, -0.15) is 4.39 Å². The van der Waals surface area contributed by atoms with E-state index in [0.717, 1.165) is 55.6 Å². The third-order valence-corrected chi connectivity index (χ3v) is 6.56. The van der Waals surface area contributed by atoms with E-state index in [1.165, 1.54) is 6.07 Å². The van der Waals surface area contributed by atoms with Crippen LogP contribution in [0.25, 0.3) is 66.6 Å². The average molecular weight is 479 g/mol. The minimum atomic E-state index is -0.512. The first-order valence-corrected chi connectivity index (χ1v) is 12.0. The SMILES string of the molecule is Fc1ccc2ccc3ccc(-c4ccc(-c5nc6ccccc6nc5-c5ccccc5)cc4)nc3c2n1. The third kappa shape index (κ3) is 3.78. The van der Waals surface area contributed by atoms with Crippen LogP contribution in [0.3, 0.4) is 0 Å². The van der Waals surface area contributed by atoms with Crippen LogP contribution >= 0.6 is 0 Å². The number of hydrogen-bond acceptors (Lipinski definition) is 4. The van der Waals surface area contributed by atoms with Gasteiger partial charge in [-0.05, 0) is 30.3 Å². The lowest BCUT2D eigenvalue weighted by Crippen LogP contribution is -1.95. The van der Waals surface area contributed by atoms with E-state index in [2.05, 4.69) is 17.1 Å². The summed E-state index contributed by atoms with van der Waals surface area (Å²) in [5, 5.41) is 1.78. The van der Waals surface area contributed by atoms with Gasteiger partial charge in [0.25, 0.3) is 0 Å². The summed E-state index contributed by atoms with van der Waals surface area (Å²) in [5.41, 5.74) is 8.37. The fourth-order valence-corrected chi connectivity index (χ4v) is 4.70. The quantitative estimate of drug-likeness (QED) is 0.192. The number of aromatic nitrogens is 4. The molecule has 0 radical (unpaired) electrons. The zero-order chi connectivity index (χ0) is 24.8. The smallest absolute Gasteiger partial charge is 0.213 e. The molecule has 0 unspecified atom stereocenters. The van der Waals surface area contributed by atoms with Crippen LogP contribution in [0.15, 0.2) is 115 Å². The molecule has 4 nitrogen and oxygen atoms in total. The van der Waals surface area contributed by atoms with E-state index in [9.17, 15) is 4.39 Å². The van der Waals surface area contributed by atoms with Crippen LogP contribution in [-0.2, 0) is 0 Å². The Morgan fingerprint density at radius 1 is 0.405 bits per heavy atom. The van der Waals surface area contributed by atoms with Crippen LogP contribution in [0.4, 0.5) is 4.39 Å². The van der Waals surface area contributed by atoms with Crippen molar-refractivity contribution in [2.75, 3.05) is 0 Å². The van der Waals surface area contributed by atoms with Gasteiger partial charge in [-0.25, -0.2) is 19.9 Å². The first-order valence-electron chi connectivity index (χ1n) is 12.0. The molecule has 0 bridgehead atoms. The maximum Gasteiger partial charge on any atom is 0.213 e. The van der Waals surface area contributed by atoms with Crippen molar-refractivity contribution in [2.24, 2.45) is 0 Å². The molecule has 0 aliphatic carbocycles. The maximum atomic E-state index is 13.9. The highest BCUT2D eigenvalue weighted by Crippen LogP contribution is 2.33. The number of nitrogens with zero attached hydrogens (tertiary/aromatic N) is 4.